The molecule has 1 aromatic carbocycles. The van der Waals surface area contributed by atoms with E-state index in [0.717, 1.165) is 22.3 Å². The van der Waals surface area contributed by atoms with E-state index in [-0.39, 0.29) is 5.78 Å². The maximum atomic E-state index is 12.2. The van der Waals surface area contributed by atoms with Gasteiger partial charge in [-0.25, -0.2) is 9.97 Å². The van der Waals surface area contributed by atoms with Crippen LogP contribution in [-0.2, 0) is 11.2 Å². The number of hydrogen-bond acceptors (Lipinski definition) is 5. The van der Waals surface area contributed by atoms with E-state index in [4.69, 9.17) is 14.5 Å². The van der Waals surface area contributed by atoms with Crippen molar-refractivity contribution >= 4 is 16.9 Å². The van der Waals surface area contributed by atoms with Gasteiger partial charge in [-0.2, -0.15) is 0 Å². The first-order chi connectivity index (χ1) is 12.5. The summed E-state index contributed by atoms with van der Waals surface area (Å²) in [6, 6.07) is 5.61. The van der Waals surface area contributed by atoms with Crippen LogP contribution in [0, 0.1) is 5.92 Å². The maximum absolute atomic E-state index is 12.2. The fourth-order valence-electron chi connectivity index (χ4n) is 2.95. The molecule has 6 heteroatoms. The van der Waals surface area contributed by atoms with E-state index in [0.29, 0.717) is 35.9 Å². The van der Waals surface area contributed by atoms with Crippen LogP contribution < -0.4 is 9.47 Å². The molecule has 3 rings (SSSR count). The summed E-state index contributed by atoms with van der Waals surface area (Å²) in [5.41, 5.74) is 3.88. The second-order valence-electron chi connectivity index (χ2n) is 6.65. The van der Waals surface area contributed by atoms with Crippen LogP contribution in [0.5, 0.6) is 11.5 Å². The molecule has 26 heavy (non-hydrogen) atoms. The van der Waals surface area contributed by atoms with E-state index in [2.05, 4.69) is 9.97 Å². The van der Waals surface area contributed by atoms with Gasteiger partial charge in [0.05, 0.1) is 26.1 Å². The van der Waals surface area contributed by atoms with Crippen LogP contribution in [0.1, 0.15) is 25.8 Å². The van der Waals surface area contributed by atoms with E-state index < -0.39 is 0 Å². The minimum atomic E-state index is 0.208. The number of hydrogen-bond donors (Lipinski definition) is 1. The molecule has 0 spiro atoms. The number of aromatic nitrogens is 3. The average molecular weight is 353 g/mol. The van der Waals surface area contributed by atoms with E-state index in [1.54, 1.807) is 20.4 Å². The number of H-pyrrole nitrogens is 1. The molecule has 3 aromatic rings. The smallest absolute Gasteiger partial charge is 0.161 e. The molecular formula is C20H23N3O3. The first-order valence-corrected chi connectivity index (χ1v) is 8.59. The second kappa shape index (κ2) is 7.56. The van der Waals surface area contributed by atoms with Crippen molar-refractivity contribution in [3.8, 4) is 22.8 Å². The van der Waals surface area contributed by atoms with Crippen LogP contribution in [0.3, 0.4) is 0 Å². The van der Waals surface area contributed by atoms with Gasteiger partial charge in [0.25, 0.3) is 0 Å². The number of ether oxygens (including phenoxy) is 2. The van der Waals surface area contributed by atoms with Gasteiger partial charge in [-0.1, -0.05) is 13.8 Å². The molecule has 0 saturated heterocycles. The summed E-state index contributed by atoms with van der Waals surface area (Å²) in [4.78, 5) is 24.4. The van der Waals surface area contributed by atoms with Crippen LogP contribution in [0.15, 0.2) is 30.6 Å². The number of benzene rings is 1. The van der Waals surface area contributed by atoms with Gasteiger partial charge in [-0.3, -0.25) is 4.79 Å². The lowest BCUT2D eigenvalue weighted by molar-refractivity contribution is -0.119. The zero-order valence-electron chi connectivity index (χ0n) is 15.5. The Labute approximate surface area is 152 Å². The molecule has 1 N–H and O–H groups in total. The Bertz CT molecular complexity index is 931. The molecule has 0 saturated carbocycles. The molecule has 0 bridgehead atoms. The van der Waals surface area contributed by atoms with Gasteiger partial charge in [0.15, 0.2) is 17.1 Å². The largest absolute Gasteiger partial charge is 0.493 e. The number of carbonyl (C=O) groups excluding carboxylic acids is 1. The molecule has 0 fully saturated rings. The Kier molecular flexibility index (Phi) is 5.21. The molecule has 0 aliphatic carbocycles. The Morgan fingerprint density at radius 3 is 2.65 bits per heavy atom. The summed E-state index contributed by atoms with van der Waals surface area (Å²) in [5, 5.41) is 0. The molecule has 6 nitrogen and oxygen atoms in total. The van der Waals surface area contributed by atoms with Crippen LogP contribution >= 0.6 is 0 Å². The second-order valence-corrected chi connectivity index (χ2v) is 6.65. The van der Waals surface area contributed by atoms with Crippen molar-refractivity contribution in [1.82, 2.24) is 15.0 Å². The van der Waals surface area contributed by atoms with Crippen LogP contribution in [0.4, 0.5) is 0 Å². The highest BCUT2D eigenvalue weighted by Crippen LogP contribution is 2.32. The van der Waals surface area contributed by atoms with Crippen molar-refractivity contribution < 1.29 is 14.3 Å². The van der Waals surface area contributed by atoms with Crippen LogP contribution in [0.2, 0.25) is 0 Å². The van der Waals surface area contributed by atoms with Gasteiger partial charge in [-0.05, 0) is 24.1 Å². The summed E-state index contributed by atoms with van der Waals surface area (Å²) in [6.07, 6.45) is 4.46. The highest BCUT2D eigenvalue weighted by atomic mass is 16.5. The maximum Gasteiger partial charge on any atom is 0.161 e. The summed E-state index contributed by atoms with van der Waals surface area (Å²) >= 11 is 0. The van der Waals surface area contributed by atoms with Crippen molar-refractivity contribution in [2.75, 3.05) is 14.2 Å². The lowest BCUT2D eigenvalue weighted by Crippen LogP contribution is -2.06. The Balaban J connectivity index is 1.96. The molecule has 136 valence electrons. The van der Waals surface area contributed by atoms with Crippen LogP contribution in [-0.4, -0.2) is 35.0 Å². The SMILES string of the molecule is COc1ccc(-c2cnc3[nH]cc(CC(=O)CC(C)C)c3n2)cc1OC. The predicted octanol–water partition coefficient (Wildman–Crippen LogP) is 3.80. The van der Waals surface area contributed by atoms with Gasteiger partial charge in [0, 0.05) is 30.2 Å². The molecule has 2 aromatic heterocycles. The minimum absolute atomic E-state index is 0.208. The van der Waals surface area contributed by atoms with Crippen molar-refractivity contribution in [3.63, 3.8) is 0 Å². The Morgan fingerprint density at radius 2 is 1.96 bits per heavy atom. The van der Waals surface area contributed by atoms with E-state index in [1.165, 1.54) is 0 Å². The van der Waals surface area contributed by atoms with Gasteiger partial charge in [-0.15, -0.1) is 0 Å². The normalized spacial score (nSPS) is 11.1. The van der Waals surface area contributed by atoms with Crippen molar-refractivity contribution in [1.29, 1.82) is 0 Å². The molecule has 0 radical (unpaired) electrons. The molecule has 0 atom stereocenters. The monoisotopic (exact) mass is 353 g/mol. The Hall–Kier alpha value is -2.89. The lowest BCUT2D eigenvalue weighted by atomic mass is 10.0. The summed E-state index contributed by atoms with van der Waals surface area (Å²) in [5.74, 6) is 1.85. The van der Waals surface area contributed by atoms with E-state index >= 15 is 0 Å². The fourth-order valence-corrected chi connectivity index (χ4v) is 2.95. The number of Topliss-reactive ketones (excluding diaryl/α,β-unsaturated/α-hetero) is 1. The predicted molar refractivity (Wildman–Crippen MR) is 101 cm³/mol. The van der Waals surface area contributed by atoms with Gasteiger partial charge in [0.1, 0.15) is 11.3 Å². The van der Waals surface area contributed by atoms with E-state index in [9.17, 15) is 4.79 Å². The van der Waals surface area contributed by atoms with Crippen LogP contribution in [0.25, 0.3) is 22.4 Å². The number of rotatable bonds is 7. The van der Waals surface area contributed by atoms with Gasteiger partial charge >= 0.3 is 0 Å². The highest BCUT2D eigenvalue weighted by Gasteiger charge is 2.14. The lowest BCUT2D eigenvalue weighted by Gasteiger charge is -2.09. The molecule has 0 unspecified atom stereocenters. The topological polar surface area (TPSA) is 77.1 Å². The minimum Gasteiger partial charge on any atom is -0.493 e. The number of nitrogens with zero attached hydrogens (tertiary/aromatic N) is 2. The third-order valence-electron chi connectivity index (χ3n) is 4.16. The zero-order chi connectivity index (χ0) is 18.7. The number of carbonyl (C=O) groups is 1. The van der Waals surface area contributed by atoms with Crippen molar-refractivity contribution in [3.05, 3.63) is 36.2 Å². The fraction of sp³-hybridized carbons (Fsp3) is 0.350. The quantitative estimate of drug-likeness (QED) is 0.699. The summed E-state index contributed by atoms with van der Waals surface area (Å²) in [7, 11) is 3.20. The number of fused-ring (bicyclic) bond motifs is 1. The third kappa shape index (κ3) is 3.69. The zero-order valence-corrected chi connectivity index (χ0v) is 15.5. The Morgan fingerprint density at radius 1 is 1.19 bits per heavy atom. The first-order valence-electron chi connectivity index (χ1n) is 8.59. The third-order valence-corrected chi connectivity index (χ3v) is 4.16. The average Bonchev–Trinajstić information content (AvgIpc) is 3.02. The molecular weight excluding hydrogens is 330 g/mol. The number of aromatic amines is 1. The standard InChI is InChI=1S/C20H23N3O3/c1-12(2)7-15(24)8-14-10-21-20-19(14)23-16(11-22-20)13-5-6-17(25-3)18(9-13)26-4/h5-6,9-12H,7-8H2,1-4H3,(H,21,22). The summed E-state index contributed by atoms with van der Waals surface area (Å²) < 4.78 is 10.6. The van der Waals surface area contributed by atoms with Gasteiger partial charge < -0.3 is 14.5 Å². The molecule has 0 aliphatic heterocycles. The summed E-state index contributed by atoms with van der Waals surface area (Å²) in [6.45, 7) is 4.09. The molecule has 2 heterocycles. The molecule has 0 aliphatic rings. The highest BCUT2D eigenvalue weighted by molar-refractivity contribution is 5.87. The molecule has 0 amide bonds. The number of ketones is 1. The van der Waals surface area contributed by atoms with Crippen molar-refractivity contribution in [2.24, 2.45) is 5.92 Å². The van der Waals surface area contributed by atoms with Gasteiger partial charge in [0.2, 0.25) is 0 Å². The number of methoxy groups -OCH3 is 2. The van der Waals surface area contributed by atoms with Crippen molar-refractivity contribution in [2.45, 2.75) is 26.7 Å². The van der Waals surface area contributed by atoms with E-state index in [1.807, 2.05) is 38.2 Å². The number of nitrogens with one attached hydrogen (secondary N) is 1. The first kappa shape index (κ1) is 17.9.